The molecule has 0 amide bonds. The minimum Gasteiger partial charge on any atom is -0.375 e. The molecular formula is C12H17N3S2. The molecule has 17 heavy (non-hydrogen) atoms. The van der Waals surface area contributed by atoms with Crippen LogP contribution < -0.4 is 11.2 Å². The SMILES string of the molecule is CCCCSc1ccccc1C=NNC(N)=S. The molecule has 3 nitrogen and oxygen atoms in total. The molecule has 0 aromatic heterocycles. The van der Waals surface area contributed by atoms with E-state index in [2.05, 4.69) is 35.7 Å². The van der Waals surface area contributed by atoms with Crippen LogP contribution in [0.5, 0.6) is 0 Å². The van der Waals surface area contributed by atoms with E-state index in [1.807, 2.05) is 30.0 Å². The summed E-state index contributed by atoms with van der Waals surface area (Å²) in [6, 6.07) is 8.15. The van der Waals surface area contributed by atoms with E-state index in [1.54, 1.807) is 6.21 Å². The Morgan fingerprint density at radius 1 is 1.53 bits per heavy atom. The third kappa shape index (κ3) is 5.70. The van der Waals surface area contributed by atoms with Gasteiger partial charge in [0.2, 0.25) is 0 Å². The first kappa shape index (κ1) is 14.0. The molecular weight excluding hydrogens is 250 g/mol. The van der Waals surface area contributed by atoms with Crippen molar-refractivity contribution in [3.8, 4) is 0 Å². The first-order valence-electron chi connectivity index (χ1n) is 5.54. The van der Waals surface area contributed by atoms with Crippen molar-refractivity contribution in [3.05, 3.63) is 29.8 Å². The maximum absolute atomic E-state index is 5.29. The molecule has 0 radical (unpaired) electrons. The van der Waals surface area contributed by atoms with Gasteiger partial charge in [0.1, 0.15) is 0 Å². The lowest BCUT2D eigenvalue weighted by molar-refractivity contribution is 0.896. The largest absolute Gasteiger partial charge is 0.375 e. The van der Waals surface area contributed by atoms with E-state index in [9.17, 15) is 0 Å². The minimum absolute atomic E-state index is 0.178. The molecule has 0 fully saturated rings. The van der Waals surface area contributed by atoms with Crippen molar-refractivity contribution in [2.75, 3.05) is 5.75 Å². The molecule has 0 saturated heterocycles. The Labute approximate surface area is 112 Å². The van der Waals surface area contributed by atoms with Gasteiger partial charge in [-0.3, -0.25) is 5.43 Å². The van der Waals surface area contributed by atoms with Gasteiger partial charge in [-0.25, -0.2) is 0 Å². The Hall–Kier alpha value is -1.07. The molecule has 0 atom stereocenters. The maximum atomic E-state index is 5.29. The number of hydrogen-bond donors (Lipinski definition) is 2. The Kier molecular flexibility index (Phi) is 6.65. The van der Waals surface area contributed by atoms with Crippen LogP contribution in [-0.4, -0.2) is 17.1 Å². The zero-order chi connectivity index (χ0) is 12.5. The second-order valence-electron chi connectivity index (χ2n) is 3.47. The minimum atomic E-state index is 0.178. The second-order valence-corrected chi connectivity index (χ2v) is 5.05. The number of nitrogens with two attached hydrogens (primary N) is 1. The van der Waals surface area contributed by atoms with Gasteiger partial charge in [0.25, 0.3) is 0 Å². The van der Waals surface area contributed by atoms with Crippen molar-refractivity contribution in [2.24, 2.45) is 10.8 Å². The smallest absolute Gasteiger partial charge is 0.184 e. The molecule has 0 aliphatic rings. The molecule has 1 aromatic rings. The van der Waals surface area contributed by atoms with Crippen LogP contribution in [0.15, 0.2) is 34.3 Å². The van der Waals surface area contributed by atoms with Crippen LogP contribution in [0.3, 0.4) is 0 Å². The number of thioether (sulfide) groups is 1. The molecule has 5 heteroatoms. The van der Waals surface area contributed by atoms with Gasteiger partial charge in [-0.2, -0.15) is 5.10 Å². The number of nitrogens with one attached hydrogen (secondary N) is 1. The fourth-order valence-electron chi connectivity index (χ4n) is 1.21. The average Bonchev–Trinajstić information content (AvgIpc) is 2.31. The van der Waals surface area contributed by atoms with Gasteiger partial charge in [-0.15, -0.1) is 11.8 Å². The fraction of sp³-hybridized carbons (Fsp3) is 0.333. The lowest BCUT2D eigenvalue weighted by Crippen LogP contribution is -2.24. The molecule has 0 aliphatic carbocycles. The van der Waals surface area contributed by atoms with E-state index >= 15 is 0 Å². The van der Waals surface area contributed by atoms with Crippen LogP contribution in [0, 0.1) is 0 Å². The number of hydrogen-bond acceptors (Lipinski definition) is 3. The van der Waals surface area contributed by atoms with Crippen molar-refractivity contribution in [1.29, 1.82) is 0 Å². The molecule has 0 heterocycles. The van der Waals surface area contributed by atoms with Gasteiger partial charge in [-0.1, -0.05) is 31.5 Å². The van der Waals surface area contributed by atoms with E-state index in [1.165, 1.54) is 17.7 Å². The summed E-state index contributed by atoms with van der Waals surface area (Å²) in [5.41, 5.74) is 8.93. The second kappa shape index (κ2) is 8.08. The molecule has 92 valence electrons. The van der Waals surface area contributed by atoms with Crippen LogP contribution in [-0.2, 0) is 0 Å². The highest BCUT2D eigenvalue weighted by molar-refractivity contribution is 7.99. The van der Waals surface area contributed by atoms with E-state index < -0.39 is 0 Å². The standard InChI is InChI=1S/C12H17N3S2/c1-2-3-8-17-11-7-5-4-6-10(11)9-14-15-12(13)16/h4-7,9H,2-3,8H2,1H3,(H3,13,15,16). The molecule has 0 bridgehead atoms. The highest BCUT2D eigenvalue weighted by Gasteiger charge is 1.99. The highest BCUT2D eigenvalue weighted by atomic mass is 32.2. The third-order valence-corrected chi connectivity index (χ3v) is 3.32. The summed E-state index contributed by atoms with van der Waals surface area (Å²) in [4.78, 5) is 1.23. The van der Waals surface area contributed by atoms with Gasteiger partial charge in [0, 0.05) is 10.5 Å². The van der Waals surface area contributed by atoms with Crippen molar-refractivity contribution >= 4 is 35.3 Å². The average molecular weight is 267 g/mol. The Bertz CT molecular complexity index is 391. The summed E-state index contributed by atoms with van der Waals surface area (Å²) in [5, 5.41) is 4.15. The lowest BCUT2D eigenvalue weighted by Gasteiger charge is -2.04. The molecule has 0 unspecified atom stereocenters. The summed E-state index contributed by atoms with van der Waals surface area (Å²) < 4.78 is 0. The zero-order valence-corrected chi connectivity index (χ0v) is 11.5. The topological polar surface area (TPSA) is 50.4 Å². The zero-order valence-electron chi connectivity index (χ0n) is 9.85. The number of unbranched alkanes of at least 4 members (excludes halogenated alkanes) is 1. The van der Waals surface area contributed by atoms with E-state index in [4.69, 9.17) is 5.73 Å². The van der Waals surface area contributed by atoms with Gasteiger partial charge in [0.05, 0.1) is 6.21 Å². The summed E-state index contributed by atoms with van der Waals surface area (Å²) in [6.07, 6.45) is 4.18. The Morgan fingerprint density at radius 2 is 2.29 bits per heavy atom. The first-order chi connectivity index (χ1) is 8.24. The number of hydrazone groups is 1. The molecule has 1 aromatic carbocycles. The Morgan fingerprint density at radius 3 is 3.00 bits per heavy atom. The molecule has 0 spiro atoms. The number of rotatable bonds is 6. The van der Waals surface area contributed by atoms with Crippen molar-refractivity contribution < 1.29 is 0 Å². The van der Waals surface area contributed by atoms with E-state index in [0.717, 1.165) is 11.3 Å². The quantitative estimate of drug-likeness (QED) is 0.273. The molecule has 1 rings (SSSR count). The lowest BCUT2D eigenvalue weighted by atomic mass is 10.2. The van der Waals surface area contributed by atoms with Crippen molar-refractivity contribution in [2.45, 2.75) is 24.7 Å². The summed E-state index contributed by atoms with van der Waals surface area (Å²) >= 11 is 6.52. The summed E-state index contributed by atoms with van der Waals surface area (Å²) in [5.74, 6) is 1.13. The van der Waals surface area contributed by atoms with Crippen LogP contribution in [0.1, 0.15) is 25.3 Å². The van der Waals surface area contributed by atoms with Crippen LogP contribution in [0.25, 0.3) is 0 Å². The molecule has 0 aliphatic heterocycles. The van der Waals surface area contributed by atoms with Gasteiger partial charge >= 0.3 is 0 Å². The van der Waals surface area contributed by atoms with Gasteiger partial charge in [-0.05, 0) is 30.5 Å². The van der Waals surface area contributed by atoms with Crippen LogP contribution in [0.2, 0.25) is 0 Å². The maximum Gasteiger partial charge on any atom is 0.184 e. The van der Waals surface area contributed by atoms with Crippen molar-refractivity contribution in [3.63, 3.8) is 0 Å². The Balaban J connectivity index is 2.63. The fourth-order valence-corrected chi connectivity index (χ4v) is 2.38. The number of benzene rings is 1. The van der Waals surface area contributed by atoms with E-state index in [-0.39, 0.29) is 5.11 Å². The normalized spacial score (nSPS) is 10.6. The third-order valence-electron chi connectivity index (χ3n) is 2.05. The molecule has 0 saturated carbocycles. The number of nitrogens with zero attached hydrogens (tertiary/aromatic N) is 1. The number of thiocarbonyl (C=S) groups is 1. The first-order valence-corrected chi connectivity index (χ1v) is 6.93. The van der Waals surface area contributed by atoms with Gasteiger partial charge in [0.15, 0.2) is 5.11 Å². The van der Waals surface area contributed by atoms with Gasteiger partial charge < -0.3 is 5.73 Å². The summed E-state index contributed by atoms with van der Waals surface area (Å²) in [7, 11) is 0. The predicted molar refractivity (Wildman–Crippen MR) is 79.6 cm³/mol. The van der Waals surface area contributed by atoms with E-state index in [0.29, 0.717) is 0 Å². The highest BCUT2D eigenvalue weighted by Crippen LogP contribution is 2.22. The molecule has 3 N–H and O–H groups in total. The summed E-state index contributed by atoms with van der Waals surface area (Å²) in [6.45, 7) is 2.19. The predicted octanol–water partition coefficient (Wildman–Crippen LogP) is 2.75. The van der Waals surface area contributed by atoms with Crippen LogP contribution >= 0.6 is 24.0 Å². The van der Waals surface area contributed by atoms with Crippen LogP contribution in [0.4, 0.5) is 0 Å². The monoisotopic (exact) mass is 267 g/mol. The van der Waals surface area contributed by atoms with Crippen molar-refractivity contribution in [1.82, 2.24) is 5.43 Å².